The predicted molar refractivity (Wildman–Crippen MR) is 70.3 cm³/mol. The second-order valence-corrected chi connectivity index (χ2v) is 3.80. The Bertz CT molecular complexity index is 552. The van der Waals surface area contributed by atoms with Crippen molar-refractivity contribution in [1.29, 1.82) is 0 Å². The smallest absolute Gasteiger partial charge is 0.296 e. The van der Waals surface area contributed by atoms with Gasteiger partial charge in [-0.1, -0.05) is 0 Å². The van der Waals surface area contributed by atoms with Crippen LogP contribution in [-0.4, -0.2) is 11.5 Å². The van der Waals surface area contributed by atoms with E-state index in [0.717, 1.165) is 0 Å². The molecule has 1 aromatic carbocycles. The van der Waals surface area contributed by atoms with Crippen molar-refractivity contribution in [1.82, 2.24) is 0 Å². The van der Waals surface area contributed by atoms with Gasteiger partial charge in [0, 0.05) is 0 Å². The van der Waals surface area contributed by atoms with E-state index in [0.29, 0.717) is 30.3 Å². The number of ether oxygens (including phenoxy) is 1. The van der Waals surface area contributed by atoms with Crippen molar-refractivity contribution < 1.29 is 14.1 Å². The third-order valence-corrected chi connectivity index (χ3v) is 2.51. The topological polar surface area (TPSA) is 77.5 Å². The van der Waals surface area contributed by atoms with Gasteiger partial charge in [0.25, 0.3) is 5.69 Å². The van der Waals surface area contributed by atoms with Gasteiger partial charge in [-0.2, -0.15) is 0 Å². The average Bonchev–Trinajstić information content (AvgIpc) is 2.90. The molecule has 0 aliphatic rings. The maximum Gasteiger partial charge on any atom is 0.296 e. The van der Waals surface area contributed by atoms with E-state index in [1.54, 1.807) is 30.5 Å². The van der Waals surface area contributed by atoms with Gasteiger partial charge in [-0.15, -0.1) is 0 Å². The van der Waals surface area contributed by atoms with Gasteiger partial charge in [0.2, 0.25) is 0 Å². The molecule has 0 unspecified atom stereocenters. The highest BCUT2D eigenvalue weighted by Gasteiger charge is 2.15. The van der Waals surface area contributed by atoms with Crippen molar-refractivity contribution in [2.24, 2.45) is 0 Å². The molecule has 1 heterocycles. The molecule has 19 heavy (non-hydrogen) atoms. The number of furan rings is 1. The highest BCUT2D eigenvalue weighted by Crippen LogP contribution is 2.29. The van der Waals surface area contributed by atoms with Crippen molar-refractivity contribution >= 4 is 11.4 Å². The number of hydrogen-bond acceptors (Lipinski definition) is 5. The monoisotopic (exact) mass is 262 g/mol. The molecule has 2 rings (SSSR count). The minimum Gasteiger partial charge on any atom is -0.494 e. The SMILES string of the molecule is CCOc1ccc(NCc2ccco2)c([N+](=O)[O-])c1. The van der Waals surface area contributed by atoms with Crippen LogP contribution in [0.3, 0.4) is 0 Å². The van der Waals surface area contributed by atoms with Crippen LogP contribution in [0.5, 0.6) is 5.75 Å². The minimum atomic E-state index is -0.438. The Morgan fingerprint density at radius 1 is 1.42 bits per heavy atom. The summed E-state index contributed by atoms with van der Waals surface area (Å²) in [7, 11) is 0. The molecule has 0 amide bonds. The molecule has 2 aromatic rings. The van der Waals surface area contributed by atoms with Crippen molar-refractivity contribution in [2.75, 3.05) is 11.9 Å². The fourth-order valence-electron chi connectivity index (χ4n) is 1.66. The molecule has 0 atom stereocenters. The predicted octanol–water partition coefficient (Wildman–Crippen LogP) is 3.20. The van der Waals surface area contributed by atoms with Crippen molar-refractivity contribution in [3.63, 3.8) is 0 Å². The summed E-state index contributed by atoms with van der Waals surface area (Å²) < 4.78 is 10.4. The van der Waals surface area contributed by atoms with Crippen LogP contribution in [0.4, 0.5) is 11.4 Å². The summed E-state index contributed by atoms with van der Waals surface area (Å²) in [5.41, 5.74) is 0.419. The van der Waals surface area contributed by atoms with Gasteiger partial charge in [0.05, 0.1) is 30.4 Å². The minimum absolute atomic E-state index is 0.0162. The summed E-state index contributed by atoms with van der Waals surface area (Å²) in [5, 5.41) is 14.0. The van der Waals surface area contributed by atoms with Crippen molar-refractivity contribution in [3.05, 3.63) is 52.5 Å². The van der Waals surface area contributed by atoms with Gasteiger partial charge >= 0.3 is 0 Å². The molecule has 0 saturated carbocycles. The molecular formula is C13H14N2O4. The van der Waals surface area contributed by atoms with Crippen LogP contribution in [0, 0.1) is 10.1 Å². The summed E-state index contributed by atoms with van der Waals surface area (Å²) in [6.07, 6.45) is 1.56. The zero-order valence-electron chi connectivity index (χ0n) is 10.5. The van der Waals surface area contributed by atoms with Crippen LogP contribution in [0.15, 0.2) is 41.0 Å². The van der Waals surface area contributed by atoms with Crippen molar-refractivity contribution in [2.45, 2.75) is 13.5 Å². The lowest BCUT2D eigenvalue weighted by molar-refractivity contribution is -0.384. The first-order valence-electron chi connectivity index (χ1n) is 5.88. The van der Waals surface area contributed by atoms with Crippen LogP contribution in [-0.2, 0) is 6.54 Å². The summed E-state index contributed by atoms with van der Waals surface area (Å²) in [6, 6.07) is 8.30. The van der Waals surface area contributed by atoms with E-state index in [2.05, 4.69) is 5.32 Å². The highest BCUT2D eigenvalue weighted by molar-refractivity contribution is 5.63. The standard InChI is InChI=1S/C13H14N2O4/c1-2-18-10-5-6-12(13(8-10)15(16)17)14-9-11-4-3-7-19-11/h3-8,14H,2,9H2,1H3. The first-order chi connectivity index (χ1) is 9.20. The Balaban J connectivity index is 2.16. The quantitative estimate of drug-likeness (QED) is 0.639. The molecule has 100 valence electrons. The number of benzene rings is 1. The van der Waals surface area contributed by atoms with Gasteiger partial charge in [-0.3, -0.25) is 10.1 Å². The third-order valence-electron chi connectivity index (χ3n) is 2.51. The molecule has 0 saturated heterocycles. The summed E-state index contributed by atoms with van der Waals surface area (Å²) in [4.78, 5) is 10.6. The Morgan fingerprint density at radius 2 is 2.26 bits per heavy atom. The van der Waals surface area contributed by atoms with E-state index in [-0.39, 0.29) is 5.69 Å². The van der Waals surface area contributed by atoms with E-state index in [4.69, 9.17) is 9.15 Å². The summed E-state index contributed by atoms with van der Waals surface area (Å²) in [6.45, 7) is 2.69. The number of nitro benzene ring substituents is 1. The second kappa shape index (κ2) is 5.90. The maximum absolute atomic E-state index is 11.0. The van der Waals surface area contributed by atoms with E-state index in [9.17, 15) is 10.1 Å². The molecular weight excluding hydrogens is 248 g/mol. The molecule has 1 aromatic heterocycles. The normalized spacial score (nSPS) is 10.2. The first-order valence-corrected chi connectivity index (χ1v) is 5.88. The lowest BCUT2D eigenvalue weighted by Crippen LogP contribution is -2.02. The molecule has 0 spiro atoms. The molecule has 6 heteroatoms. The largest absolute Gasteiger partial charge is 0.494 e. The van der Waals surface area contributed by atoms with Crippen LogP contribution in [0.25, 0.3) is 0 Å². The third kappa shape index (κ3) is 3.25. The number of nitrogens with zero attached hydrogens (tertiary/aromatic N) is 1. The van der Waals surface area contributed by atoms with Gasteiger partial charge in [0.15, 0.2) is 0 Å². The van der Waals surface area contributed by atoms with Crippen LogP contribution in [0.2, 0.25) is 0 Å². The first kappa shape index (κ1) is 12.9. The highest BCUT2D eigenvalue weighted by atomic mass is 16.6. The van der Waals surface area contributed by atoms with Crippen molar-refractivity contribution in [3.8, 4) is 5.75 Å². The van der Waals surface area contributed by atoms with Crippen LogP contribution in [0.1, 0.15) is 12.7 Å². The Morgan fingerprint density at radius 3 is 2.89 bits per heavy atom. The number of nitrogens with one attached hydrogen (secondary N) is 1. The van der Waals surface area contributed by atoms with E-state index in [1.165, 1.54) is 6.07 Å². The molecule has 0 bridgehead atoms. The number of nitro groups is 1. The lowest BCUT2D eigenvalue weighted by atomic mass is 10.2. The number of hydrogen-bond donors (Lipinski definition) is 1. The molecule has 0 fully saturated rings. The number of anilines is 1. The lowest BCUT2D eigenvalue weighted by Gasteiger charge is -2.08. The van der Waals surface area contributed by atoms with Gasteiger partial charge < -0.3 is 14.5 Å². The van der Waals surface area contributed by atoms with Crippen LogP contribution >= 0.6 is 0 Å². The van der Waals surface area contributed by atoms with E-state index in [1.807, 2.05) is 6.92 Å². The van der Waals surface area contributed by atoms with E-state index >= 15 is 0 Å². The zero-order valence-corrected chi connectivity index (χ0v) is 10.5. The fraction of sp³-hybridized carbons (Fsp3) is 0.231. The Kier molecular flexibility index (Phi) is 4.02. The molecule has 0 aliphatic carbocycles. The summed E-state index contributed by atoms with van der Waals surface area (Å²) in [5.74, 6) is 1.20. The van der Waals surface area contributed by atoms with Gasteiger partial charge in [0.1, 0.15) is 17.2 Å². The number of rotatable bonds is 6. The average molecular weight is 262 g/mol. The zero-order chi connectivity index (χ0) is 13.7. The molecule has 0 radical (unpaired) electrons. The summed E-state index contributed by atoms with van der Waals surface area (Å²) >= 11 is 0. The van der Waals surface area contributed by atoms with Crippen LogP contribution < -0.4 is 10.1 Å². The van der Waals surface area contributed by atoms with E-state index < -0.39 is 4.92 Å². The van der Waals surface area contributed by atoms with Gasteiger partial charge in [-0.05, 0) is 31.2 Å². The fourth-order valence-corrected chi connectivity index (χ4v) is 1.66. The second-order valence-electron chi connectivity index (χ2n) is 3.80. The Labute approximate surface area is 110 Å². The van der Waals surface area contributed by atoms with Gasteiger partial charge in [-0.25, -0.2) is 0 Å². The maximum atomic E-state index is 11.0. The molecule has 6 nitrogen and oxygen atoms in total. The molecule has 1 N–H and O–H groups in total. The molecule has 0 aliphatic heterocycles. The Hall–Kier alpha value is -2.50.